The van der Waals surface area contributed by atoms with Gasteiger partial charge >= 0.3 is 0 Å². The number of carbonyl (C=O) groups excluding carboxylic acids is 1. The lowest BCUT2D eigenvalue weighted by molar-refractivity contribution is -0.120. The molecule has 3 rings (SSSR count). The molecule has 4 heteroatoms. The van der Waals surface area contributed by atoms with Crippen molar-refractivity contribution in [2.75, 3.05) is 23.8 Å². The van der Waals surface area contributed by atoms with Gasteiger partial charge in [-0.3, -0.25) is 4.79 Å². The van der Waals surface area contributed by atoms with Gasteiger partial charge in [-0.2, -0.15) is 0 Å². The SMILES string of the molecule is CN1CC2(CC2)C(=O)Nc2ccc(F)cc21. The van der Waals surface area contributed by atoms with Crippen molar-refractivity contribution in [3.05, 3.63) is 24.0 Å². The summed E-state index contributed by atoms with van der Waals surface area (Å²) in [5, 5.41) is 2.89. The Balaban J connectivity index is 2.06. The fourth-order valence-electron chi connectivity index (χ4n) is 2.33. The zero-order chi connectivity index (χ0) is 11.3. The Kier molecular flexibility index (Phi) is 1.79. The average molecular weight is 220 g/mol. The summed E-state index contributed by atoms with van der Waals surface area (Å²) in [6, 6.07) is 4.47. The molecule has 1 heterocycles. The second-order valence-corrected chi connectivity index (χ2v) is 4.75. The first kappa shape index (κ1) is 9.63. The number of anilines is 2. The highest BCUT2D eigenvalue weighted by atomic mass is 19.1. The quantitative estimate of drug-likeness (QED) is 0.725. The second kappa shape index (κ2) is 2.97. The van der Waals surface area contributed by atoms with Crippen LogP contribution >= 0.6 is 0 Å². The Labute approximate surface area is 93.2 Å². The van der Waals surface area contributed by atoms with Crippen LogP contribution in [0, 0.1) is 11.2 Å². The Hall–Kier alpha value is -1.58. The molecular formula is C12H13FN2O. The highest BCUT2D eigenvalue weighted by molar-refractivity contribution is 6.01. The minimum Gasteiger partial charge on any atom is -0.372 e. The second-order valence-electron chi connectivity index (χ2n) is 4.75. The summed E-state index contributed by atoms with van der Waals surface area (Å²) in [6.45, 7) is 0.676. The van der Waals surface area contributed by atoms with Crippen molar-refractivity contribution in [2.45, 2.75) is 12.8 Å². The minimum atomic E-state index is -0.272. The number of nitrogens with one attached hydrogen (secondary N) is 1. The van der Waals surface area contributed by atoms with Crippen molar-refractivity contribution in [3.63, 3.8) is 0 Å². The molecule has 1 N–H and O–H groups in total. The molecule has 1 fully saturated rings. The van der Waals surface area contributed by atoms with Crippen LogP contribution in [0.1, 0.15) is 12.8 Å². The molecule has 0 unspecified atom stereocenters. The van der Waals surface area contributed by atoms with Crippen molar-refractivity contribution >= 4 is 17.3 Å². The maximum absolute atomic E-state index is 13.2. The molecule has 1 spiro atoms. The van der Waals surface area contributed by atoms with Crippen LogP contribution in [-0.2, 0) is 4.79 Å². The van der Waals surface area contributed by atoms with E-state index in [4.69, 9.17) is 0 Å². The lowest BCUT2D eigenvalue weighted by atomic mass is 10.1. The maximum Gasteiger partial charge on any atom is 0.232 e. The first-order valence-electron chi connectivity index (χ1n) is 5.43. The molecule has 0 aromatic heterocycles. The third kappa shape index (κ3) is 1.29. The summed E-state index contributed by atoms with van der Waals surface area (Å²) in [5.74, 6) is -0.198. The first-order chi connectivity index (χ1) is 7.61. The molecule has 0 saturated heterocycles. The van der Waals surface area contributed by atoms with E-state index in [9.17, 15) is 9.18 Å². The van der Waals surface area contributed by atoms with E-state index in [1.54, 1.807) is 6.07 Å². The number of fused-ring (bicyclic) bond motifs is 1. The number of benzene rings is 1. The van der Waals surface area contributed by atoms with Crippen LogP contribution in [0.15, 0.2) is 18.2 Å². The number of nitrogens with zero attached hydrogens (tertiary/aromatic N) is 1. The standard InChI is InChI=1S/C12H13FN2O/c1-15-7-12(4-5-12)11(16)14-9-3-2-8(13)6-10(9)15/h2-3,6H,4-5,7H2,1H3,(H,14,16). The summed E-state index contributed by atoms with van der Waals surface area (Å²) in [6.07, 6.45) is 1.86. The van der Waals surface area contributed by atoms with Crippen molar-refractivity contribution < 1.29 is 9.18 Å². The molecule has 2 aliphatic rings. The third-order valence-corrected chi connectivity index (χ3v) is 3.49. The van der Waals surface area contributed by atoms with Gasteiger partial charge in [0.2, 0.25) is 5.91 Å². The molecule has 3 nitrogen and oxygen atoms in total. The summed E-state index contributed by atoms with van der Waals surface area (Å²) in [7, 11) is 1.90. The number of rotatable bonds is 0. The average Bonchev–Trinajstić information content (AvgIpc) is 3.01. The Bertz CT molecular complexity index is 468. The van der Waals surface area contributed by atoms with Crippen molar-refractivity contribution in [1.29, 1.82) is 0 Å². The minimum absolute atomic E-state index is 0.0738. The maximum atomic E-state index is 13.2. The number of hydrogen-bond donors (Lipinski definition) is 1. The Morgan fingerprint density at radius 1 is 1.44 bits per heavy atom. The fourth-order valence-corrected chi connectivity index (χ4v) is 2.33. The summed E-state index contributed by atoms with van der Waals surface area (Å²) in [4.78, 5) is 13.9. The normalized spacial score (nSPS) is 21.4. The fraction of sp³-hybridized carbons (Fsp3) is 0.417. The van der Waals surface area contributed by atoms with Crippen LogP contribution in [0.3, 0.4) is 0 Å². The van der Waals surface area contributed by atoms with Crippen LogP contribution in [0.2, 0.25) is 0 Å². The topological polar surface area (TPSA) is 32.3 Å². The van der Waals surface area contributed by atoms with E-state index in [2.05, 4.69) is 5.32 Å². The highest BCUT2D eigenvalue weighted by Crippen LogP contribution is 2.49. The molecule has 0 atom stereocenters. The van der Waals surface area contributed by atoms with E-state index in [-0.39, 0.29) is 17.1 Å². The highest BCUT2D eigenvalue weighted by Gasteiger charge is 2.51. The van der Waals surface area contributed by atoms with Crippen molar-refractivity contribution in [3.8, 4) is 0 Å². The van der Waals surface area contributed by atoms with Crippen LogP contribution in [0.25, 0.3) is 0 Å². The summed E-state index contributed by atoms with van der Waals surface area (Å²) in [5.41, 5.74) is 1.24. The van der Waals surface area contributed by atoms with Gasteiger partial charge in [-0.15, -0.1) is 0 Å². The number of halogens is 1. The van der Waals surface area contributed by atoms with Crippen LogP contribution < -0.4 is 10.2 Å². The van der Waals surface area contributed by atoms with E-state index < -0.39 is 0 Å². The predicted molar refractivity (Wildman–Crippen MR) is 60.0 cm³/mol. The Morgan fingerprint density at radius 2 is 2.19 bits per heavy atom. The summed E-state index contributed by atoms with van der Waals surface area (Å²) < 4.78 is 13.2. The zero-order valence-corrected chi connectivity index (χ0v) is 9.09. The van der Waals surface area contributed by atoms with Gasteiger partial charge in [0.1, 0.15) is 5.82 Å². The van der Waals surface area contributed by atoms with E-state index >= 15 is 0 Å². The lowest BCUT2D eigenvalue weighted by Crippen LogP contribution is -2.31. The molecule has 1 amide bonds. The molecule has 84 valence electrons. The molecule has 1 aromatic rings. The van der Waals surface area contributed by atoms with E-state index in [1.165, 1.54) is 12.1 Å². The van der Waals surface area contributed by atoms with E-state index in [1.807, 2.05) is 11.9 Å². The van der Waals surface area contributed by atoms with E-state index in [0.29, 0.717) is 12.2 Å². The molecule has 0 bridgehead atoms. The molecule has 1 saturated carbocycles. The van der Waals surface area contributed by atoms with Gasteiger partial charge in [0.25, 0.3) is 0 Å². The lowest BCUT2D eigenvalue weighted by Gasteiger charge is -2.20. The molecule has 1 aliphatic heterocycles. The smallest absolute Gasteiger partial charge is 0.232 e. The number of hydrogen-bond acceptors (Lipinski definition) is 2. The molecule has 1 aliphatic carbocycles. The molecule has 16 heavy (non-hydrogen) atoms. The van der Waals surface area contributed by atoms with E-state index in [0.717, 1.165) is 18.5 Å². The van der Waals surface area contributed by atoms with Crippen LogP contribution in [0.5, 0.6) is 0 Å². The van der Waals surface area contributed by atoms with Gasteiger partial charge in [0.05, 0.1) is 16.8 Å². The number of carbonyl (C=O) groups is 1. The largest absolute Gasteiger partial charge is 0.372 e. The Morgan fingerprint density at radius 3 is 2.88 bits per heavy atom. The van der Waals surface area contributed by atoms with Gasteiger partial charge < -0.3 is 10.2 Å². The van der Waals surface area contributed by atoms with Crippen molar-refractivity contribution in [2.24, 2.45) is 5.41 Å². The number of amides is 1. The monoisotopic (exact) mass is 220 g/mol. The molecule has 0 radical (unpaired) electrons. The van der Waals surface area contributed by atoms with Crippen LogP contribution in [-0.4, -0.2) is 19.5 Å². The van der Waals surface area contributed by atoms with Gasteiger partial charge in [-0.25, -0.2) is 4.39 Å². The van der Waals surface area contributed by atoms with Crippen LogP contribution in [0.4, 0.5) is 15.8 Å². The predicted octanol–water partition coefficient (Wildman–Crippen LogP) is 1.99. The van der Waals surface area contributed by atoms with Gasteiger partial charge in [0, 0.05) is 13.6 Å². The first-order valence-corrected chi connectivity index (χ1v) is 5.43. The van der Waals surface area contributed by atoms with Crippen molar-refractivity contribution in [1.82, 2.24) is 0 Å². The summed E-state index contributed by atoms with van der Waals surface area (Å²) >= 11 is 0. The zero-order valence-electron chi connectivity index (χ0n) is 9.09. The van der Waals surface area contributed by atoms with Gasteiger partial charge in [-0.05, 0) is 31.0 Å². The van der Waals surface area contributed by atoms with Gasteiger partial charge in [0.15, 0.2) is 0 Å². The molecular weight excluding hydrogens is 207 g/mol. The molecule has 1 aromatic carbocycles. The third-order valence-electron chi connectivity index (χ3n) is 3.49. The van der Waals surface area contributed by atoms with Gasteiger partial charge in [-0.1, -0.05) is 0 Å².